The molecule has 1 saturated carbocycles. The highest BCUT2D eigenvalue weighted by atomic mass is 32.2. The van der Waals surface area contributed by atoms with E-state index in [0.29, 0.717) is 0 Å². The molecule has 0 amide bonds. The van der Waals surface area contributed by atoms with Gasteiger partial charge in [0.2, 0.25) is 0 Å². The van der Waals surface area contributed by atoms with Crippen LogP contribution in [0.15, 0.2) is 0 Å². The second-order valence-electron chi connectivity index (χ2n) is 4.78. The van der Waals surface area contributed by atoms with E-state index in [0.717, 1.165) is 38.6 Å². The summed E-state index contributed by atoms with van der Waals surface area (Å²) in [6.07, 6.45) is 5.85. The fourth-order valence-electron chi connectivity index (χ4n) is 2.55. The molecule has 0 saturated heterocycles. The summed E-state index contributed by atoms with van der Waals surface area (Å²) in [6, 6.07) is 0.175. The summed E-state index contributed by atoms with van der Waals surface area (Å²) in [5.74, 6) is 0. The van der Waals surface area contributed by atoms with Gasteiger partial charge in [0.1, 0.15) is 0 Å². The zero-order valence-corrected chi connectivity index (χ0v) is 11.0. The molecule has 1 aliphatic carbocycles. The quantitative estimate of drug-likeness (QED) is 0.703. The molecule has 0 bridgehead atoms. The summed E-state index contributed by atoms with van der Waals surface area (Å²) in [4.78, 5) is 2.15. The monoisotopic (exact) mass is 249 g/mol. The third kappa shape index (κ3) is 3.71. The van der Waals surface area contributed by atoms with Crippen molar-refractivity contribution in [1.82, 2.24) is 4.90 Å². The molecule has 0 spiro atoms. The first-order valence-electron chi connectivity index (χ1n) is 5.96. The van der Waals surface area contributed by atoms with Gasteiger partial charge in [0.25, 0.3) is 0 Å². The van der Waals surface area contributed by atoms with E-state index in [1.165, 1.54) is 6.26 Å². The molecule has 0 aliphatic heterocycles. The van der Waals surface area contributed by atoms with Gasteiger partial charge >= 0.3 is 0 Å². The number of hydrogen-bond acceptors (Lipinski definition) is 4. The Morgan fingerprint density at radius 2 is 2.00 bits per heavy atom. The van der Waals surface area contributed by atoms with Gasteiger partial charge in [0, 0.05) is 18.9 Å². The van der Waals surface area contributed by atoms with Crippen LogP contribution in [0.25, 0.3) is 0 Å². The van der Waals surface area contributed by atoms with Gasteiger partial charge in [-0.1, -0.05) is 6.42 Å². The molecule has 96 valence electrons. The van der Waals surface area contributed by atoms with Crippen LogP contribution in [0.5, 0.6) is 0 Å². The summed E-state index contributed by atoms with van der Waals surface area (Å²) in [5.41, 5.74) is 0. The molecule has 1 rings (SSSR count). The van der Waals surface area contributed by atoms with Crippen molar-refractivity contribution in [3.63, 3.8) is 0 Å². The maximum Gasteiger partial charge on any atom is 0.151 e. The van der Waals surface area contributed by atoms with Crippen molar-refractivity contribution in [1.29, 1.82) is 0 Å². The van der Waals surface area contributed by atoms with Crippen LogP contribution in [0, 0.1) is 0 Å². The Morgan fingerprint density at radius 3 is 2.56 bits per heavy atom. The molecule has 4 nitrogen and oxygen atoms in total. The predicted octanol–water partition coefficient (Wildman–Crippen LogP) is 0.656. The van der Waals surface area contributed by atoms with Crippen molar-refractivity contribution >= 4 is 9.84 Å². The lowest BCUT2D eigenvalue weighted by Gasteiger charge is -2.28. The zero-order chi connectivity index (χ0) is 12.2. The molecular formula is C11H23NO3S. The lowest BCUT2D eigenvalue weighted by molar-refractivity contribution is 0.225. The molecule has 2 atom stereocenters. The molecule has 0 aromatic rings. The van der Waals surface area contributed by atoms with Crippen LogP contribution >= 0.6 is 0 Å². The van der Waals surface area contributed by atoms with Gasteiger partial charge in [-0.05, 0) is 39.3 Å². The Balaban J connectivity index is 2.51. The predicted molar refractivity (Wildman–Crippen MR) is 65.2 cm³/mol. The van der Waals surface area contributed by atoms with Crippen LogP contribution in [0.1, 0.15) is 32.1 Å². The summed E-state index contributed by atoms with van der Waals surface area (Å²) in [6.45, 7) is 1.09. The second-order valence-corrected chi connectivity index (χ2v) is 7.04. The van der Waals surface area contributed by atoms with E-state index in [-0.39, 0.29) is 17.9 Å². The van der Waals surface area contributed by atoms with E-state index in [4.69, 9.17) is 5.11 Å². The number of nitrogens with zero attached hydrogens (tertiary/aromatic N) is 1. The number of hydrogen-bond donors (Lipinski definition) is 1. The number of sulfone groups is 1. The van der Waals surface area contributed by atoms with Crippen molar-refractivity contribution in [2.45, 2.75) is 43.4 Å². The van der Waals surface area contributed by atoms with E-state index in [1.807, 2.05) is 7.05 Å². The highest BCUT2D eigenvalue weighted by Gasteiger charge is 2.36. The van der Waals surface area contributed by atoms with Crippen LogP contribution in [0.4, 0.5) is 0 Å². The molecule has 0 heterocycles. The number of aliphatic hydroxyl groups excluding tert-OH is 1. The van der Waals surface area contributed by atoms with E-state index >= 15 is 0 Å². The zero-order valence-electron chi connectivity index (χ0n) is 10.2. The fraction of sp³-hybridized carbons (Fsp3) is 1.00. The lowest BCUT2D eigenvalue weighted by atomic mass is 10.2. The fourth-order valence-corrected chi connectivity index (χ4v) is 4.06. The first-order valence-corrected chi connectivity index (χ1v) is 7.92. The van der Waals surface area contributed by atoms with Gasteiger partial charge in [0.15, 0.2) is 9.84 Å². The minimum atomic E-state index is -2.92. The van der Waals surface area contributed by atoms with Gasteiger partial charge in [-0.25, -0.2) is 8.42 Å². The molecule has 0 aromatic heterocycles. The van der Waals surface area contributed by atoms with Gasteiger partial charge in [0.05, 0.1) is 5.25 Å². The Bertz CT molecular complexity index is 302. The number of rotatable bonds is 6. The topological polar surface area (TPSA) is 57.6 Å². The largest absolute Gasteiger partial charge is 0.396 e. The number of unbranched alkanes of at least 4 members (excludes halogenated alkanes) is 1. The molecule has 1 aliphatic rings. The van der Waals surface area contributed by atoms with E-state index in [2.05, 4.69) is 4.90 Å². The Labute approximate surface area is 98.6 Å². The first-order chi connectivity index (χ1) is 7.46. The van der Waals surface area contributed by atoms with Gasteiger partial charge in [-0.3, -0.25) is 0 Å². The molecular weight excluding hydrogens is 226 g/mol. The summed E-state index contributed by atoms with van der Waals surface area (Å²) in [7, 11) is -0.927. The highest BCUT2D eigenvalue weighted by molar-refractivity contribution is 7.91. The van der Waals surface area contributed by atoms with Gasteiger partial charge in [-0.2, -0.15) is 0 Å². The average Bonchev–Trinajstić information content (AvgIpc) is 2.65. The number of aliphatic hydroxyl groups is 1. The van der Waals surface area contributed by atoms with Gasteiger partial charge in [-0.15, -0.1) is 0 Å². The third-order valence-corrected chi connectivity index (χ3v) is 5.10. The van der Waals surface area contributed by atoms with E-state index < -0.39 is 9.84 Å². The minimum absolute atomic E-state index is 0.175. The third-order valence-electron chi connectivity index (χ3n) is 3.45. The van der Waals surface area contributed by atoms with Crippen molar-refractivity contribution in [3.05, 3.63) is 0 Å². The molecule has 1 N–H and O–H groups in total. The van der Waals surface area contributed by atoms with Crippen LogP contribution in [-0.4, -0.2) is 56.2 Å². The lowest BCUT2D eigenvalue weighted by Crippen LogP contribution is -2.41. The van der Waals surface area contributed by atoms with Gasteiger partial charge < -0.3 is 10.0 Å². The Morgan fingerprint density at radius 1 is 1.31 bits per heavy atom. The van der Waals surface area contributed by atoms with E-state index in [9.17, 15) is 8.42 Å². The average molecular weight is 249 g/mol. The Kier molecular flexibility index (Phi) is 5.21. The smallest absolute Gasteiger partial charge is 0.151 e. The van der Waals surface area contributed by atoms with Crippen LogP contribution in [0.2, 0.25) is 0 Å². The van der Waals surface area contributed by atoms with Crippen molar-refractivity contribution in [3.8, 4) is 0 Å². The van der Waals surface area contributed by atoms with Crippen molar-refractivity contribution in [2.75, 3.05) is 26.5 Å². The van der Waals surface area contributed by atoms with Crippen molar-refractivity contribution < 1.29 is 13.5 Å². The van der Waals surface area contributed by atoms with Crippen LogP contribution in [-0.2, 0) is 9.84 Å². The Hall–Kier alpha value is -0.130. The maximum atomic E-state index is 11.6. The molecule has 0 aromatic carbocycles. The van der Waals surface area contributed by atoms with Crippen molar-refractivity contribution in [2.24, 2.45) is 0 Å². The molecule has 16 heavy (non-hydrogen) atoms. The second kappa shape index (κ2) is 5.98. The highest BCUT2D eigenvalue weighted by Crippen LogP contribution is 2.28. The first kappa shape index (κ1) is 13.9. The molecule has 1 fully saturated rings. The molecule has 2 unspecified atom stereocenters. The SMILES string of the molecule is CN(CCCCO)C1CCCC1S(C)(=O)=O. The normalized spacial score (nSPS) is 26.5. The molecule has 0 radical (unpaired) electrons. The maximum absolute atomic E-state index is 11.6. The minimum Gasteiger partial charge on any atom is -0.396 e. The van der Waals surface area contributed by atoms with E-state index in [1.54, 1.807) is 0 Å². The van der Waals surface area contributed by atoms with Crippen LogP contribution < -0.4 is 0 Å². The summed E-state index contributed by atoms with van der Waals surface area (Å²) in [5, 5.41) is 8.52. The standard InChI is InChI=1S/C11H23NO3S/c1-12(8-3-4-9-13)10-6-5-7-11(10)16(2,14)15/h10-11,13H,3-9H2,1-2H3. The summed E-state index contributed by atoms with van der Waals surface area (Å²) >= 11 is 0. The molecule has 5 heteroatoms. The summed E-state index contributed by atoms with van der Waals surface area (Å²) < 4.78 is 23.2. The van der Waals surface area contributed by atoms with Crippen LogP contribution in [0.3, 0.4) is 0 Å².